The molecule has 1 aromatic carbocycles. The number of hydrogen-bond acceptors (Lipinski definition) is 3. The van der Waals surface area contributed by atoms with Crippen LogP contribution in [0.15, 0.2) is 36.5 Å². The zero-order chi connectivity index (χ0) is 16.8. The van der Waals surface area contributed by atoms with Crippen molar-refractivity contribution >= 4 is 22.8 Å². The topological polar surface area (TPSA) is 97.1 Å². The molecule has 122 valence electrons. The molecule has 0 radical (unpaired) electrons. The van der Waals surface area contributed by atoms with Crippen molar-refractivity contribution in [3.63, 3.8) is 0 Å². The van der Waals surface area contributed by atoms with Gasteiger partial charge >= 0.3 is 6.03 Å². The van der Waals surface area contributed by atoms with Crippen molar-refractivity contribution in [1.29, 1.82) is 0 Å². The van der Waals surface area contributed by atoms with Gasteiger partial charge in [0.2, 0.25) is 5.91 Å². The highest BCUT2D eigenvalue weighted by atomic mass is 16.2. The number of hydrogen-bond donors (Lipinski definition) is 3. The molecule has 0 bridgehead atoms. The number of aromatic nitrogens is 1. The average molecular weight is 314 g/mol. The van der Waals surface area contributed by atoms with Gasteiger partial charge in [-0.2, -0.15) is 0 Å². The second-order valence-electron chi connectivity index (χ2n) is 5.76. The molecule has 0 unspecified atom stereocenters. The van der Waals surface area contributed by atoms with Gasteiger partial charge in [0.25, 0.3) is 0 Å². The van der Waals surface area contributed by atoms with E-state index in [-0.39, 0.29) is 11.8 Å². The highest BCUT2D eigenvalue weighted by molar-refractivity contribution is 5.87. The molecule has 0 spiro atoms. The summed E-state index contributed by atoms with van der Waals surface area (Å²) in [5.41, 5.74) is 7.13. The van der Waals surface area contributed by atoms with Gasteiger partial charge in [-0.05, 0) is 24.0 Å². The Bertz CT molecular complexity index is 695. The van der Waals surface area contributed by atoms with E-state index in [9.17, 15) is 9.59 Å². The Hall–Kier alpha value is -2.63. The van der Waals surface area contributed by atoms with Gasteiger partial charge in [-0.15, -0.1) is 0 Å². The number of pyridine rings is 1. The van der Waals surface area contributed by atoms with E-state index in [1.165, 1.54) is 0 Å². The second-order valence-corrected chi connectivity index (χ2v) is 5.76. The molecule has 1 aromatic heterocycles. The van der Waals surface area contributed by atoms with Crippen molar-refractivity contribution in [2.45, 2.75) is 26.3 Å². The number of benzene rings is 1. The molecule has 2 rings (SSSR count). The van der Waals surface area contributed by atoms with Gasteiger partial charge in [0.05, 0.1) is 5.52 Å². The SMILES string of the molecule is CC(C)[C@@H](NC(N)=O)C(=O)NCCc1cccc2cccnc12. The maximum absolute atomic E-state index is 12.2. The normalized spacial score (nSPS) is 12.1. The standard InChI is InChI=1S/C17H22N4O2/c1-11(2)14(21-17(18)23)16(22)20-10-8-13-6-3-5-12-7-4-9-19-15(12)13/h3-7,9,11,14H,8,10H2,1-2H3,(H,20,22)(H3,18,21,23)/t14-/m1/s1. The summed E-state index contributed by atoms with van der Waals surface area (Å²) in [5.74, 6) is -0.270. The lowest BCUT2D eigenvalue weighted by Gasteiger charge is -2.20. The van der Waals surface area contributed by atoms with E-state index in [1.807, 2.05) is 44.2 Å². The van der Waals surface area contributed by atoms with Crippen LogP contribution < -0.4 is 16.4 Å². The zero-order valence-electron chi connectivity index (χ0n) is 13.4. The monoisotopic (exact) mass is 314 g/mol. The fourth-order valence-corrected chi connectivity index (χ4v) is 2.49. The first-order valence-electron chi connectivity index (χ1n) is 7.65. The van der Waals surface area contributed by atoms with Crippen LogP contribution in [-0.2, 0) is 11.2 Å². The predicted molar refractivity (Wildman–Crippen MR) is 89.8 cm³/mol. The molecular weight excluding hydrogens is 292 g/mol. The van der Waals surface area contributed by atoms with Crippen molar-refractivity contribution in [2.75, 3.05) is 6.54 Å². The van der Waals surface area contributed by atoms with Crippen LogP contribution in [0.25, 0.3) is 10.9 Å². The number of nitrogens with two attached hydrogens (primary N) is 1. The van der Waals surface area contributed by atoms with Crippen LogP contribution in [-0.4, -0.2) is 29.5 Å². The summed E-state index contributed by atoms with van der Waals surface area (Å²) in [5, 5.41) is 6.39. The predicted octanol–water partition coefficient (Wildman–Crippen LogP) is 1.59. The number of urea groups is 1. The lowest BCUT2D eigenvalue weighted by atomic mass is 10.0. The summed E-state index contributed by atoms with van der Waals surface area (Å²) >= 11 is 0. The average Bonchev–Trinajstić information content (AvgIpc) is 2.52. The molecule has 0 aliphatic carbocycles. The number of nitrogens with one attached hydrogen (secondary N) is 2. The summed E-state index contributed by atoms with van der Waals surface area (Å²) in [6, 6.07) is 8.58. The van der Waals surface area contributed by atoms with Crippen molar-refractivity contribution in [3.8, 4) is 0 Å². The van der Waals surface area contributed by atoms with Gasteiger partial charge in [0.1, 0.15) is 6.04 Å². The first-order chi connectivity index (χ1) is 11.0. The molecule has 0 saturated heterocycles. The van der Waals surface area contributed by atoms with Gasteiger partial charge in [0.15, 0.2) is 0 Å². The minimum atomic E-state index is -0.697. The summed E-state index contributed by atoms with van der Waals surface area (Å²) in [7, 11) is 0. The Kier molecular flexibility index (Phi) is 5.51. The molecule has 1 heterocycles. The lowest BCUT2D eigenvalue weighted by molar-refractivity contribution is -0.123. The number of fused-ring (bicyclic) bond motifs is 1. The third-order valence-corrected chi connectivity index (χ3v) is 3.66. The van der Waals surface area contributed by atoms with Crippen molar-refractivity contribution in [2.24, 2.45) is 11.7 Å². The molecule has 3 amide bonds. The molecule has 6 nitrogen and oxygen atoms in total. The van der Waals surface area contributed by atoms with Crippen LogP contribution in [0.5, 0.6) is 0 Å². The van der Waals surface area contributed by atoms with Crippen molar-refractivity contribution in [3.05, 3.63) is 42.1 Å². The largest absolute Gasteiger partial charge is 0.354 e. The Morgan fingerprint density at radius 3 is 2.65 bits per heavy atom. The summed E-state index contributed by atoms with van der Waals surface area (Å²) in [6.07, 6.45) is 2.43. The second kappa shape index (κ2) is 7.58. The molecule has 1 atom stereocenters. The quantitative estimate of drug-likeness (QED) is 0.755. The van der Waals surface area contributed by atoms with Crippen LogP contribution in [0, 0.1) is 5.92 Å². The first-order valence-corrected chi connectivity index (χ1v) is 7.65. The molecular formula is C17H22N4O2. The first kappa shape index (κ1) is 16.7. The van der Waals surface area contributed by atoms with Crippen molar-refractivity contribution in [1.82, 2.24) is 15.6 Å². The molecule has 23 heavy (non-hydrogen) atoms. The summed E-state index contributed by atoms with van der Waals surface area (Å²) in [6.45, 7) is 4.18. The molecule has 4 N–H and O–H groups in total. The number of amides is 3. The number of carbonyl (C=O) groups excluding carboxylic acids is 2. The highest BCUT2D eigenvalue weighted by Gasteiger charge is 2.22. The third-order valence-electron chi connectivity index (χ3n) is 3.66. The van der Waals surface area contributed by atoms with Crippen LogP contribution in [0.3, 0.4) is 0 Å². The van der Waals surface area contributed by atoms with E-state index >= 15 is 0 Å². The maximum atomic E-state index is 12.2. The molecule has 6 heteroatoms. The molecule has 0 aliphatic heterocycles. The summed E-state index contributed by atoms with van der Waals surface area (Å²) < 4.78 is 0. The summed E-state index contributed by atoms with van der Waals surface area (Å²) in [4.78, 5) is 27.6. The van der Waals surface area contributed by atoms with E-state index in [4.69, 9.17) is 5.73 Å². The number of para-hydroxylation sites is 1. The lowest BCUT2D eigenvalue weighted by Crippen LogP contribution is -2.51. The van der Waals surface area contributed by atoms with Crippen LogP contribution in [0.4, 0.5) is 4.79 Å². The third kappa shape index (κ3) is 4.42. The van der Waals surface area contributed by atoms with E-state index in [2.05, 4.69) is 15.6 Å². The fraction of sp³-hybridized carbons (Fsp3) is 0.353. The van der Waals surface area contributed by atoms with E-state index in [1.54, 1.807) is 6.20 Å². The fourth-order valence-electron chi connectivity index (χ4n) is 2.49. The Morgan fingerprint density at radius 1 is 1.22 bits per heavy atom. The van der Waals surface area contributed by atoms with Gasteiger partial charge < -0.3 is 16.4 Å². The van der Waals surface area contributed by atoms with Crippen molar-refractivity contribution < 1.29 is 9.59 Å². The van der Waals surface area contributed by atoms with Crippen LogP contribution in [0.2, 0.25) is 0 Å². The molecule has 0 fully saturated rings. The van der Waals surface area contributed by atoms with Gasteiger partial charge in [-0.3, -0.25) is 9.78 Å². The molecule has 2 aromatic rings. The minimum absolute atomic E-state index is 0.0401. The minimum Gasteiger partial charge on any atom is -0.354 e. The van der Waals surface area contributed by atoms with E-state index < -0.39 is 12.1 Å². The van der Waals surface area contributed by atoms with Gasteiger partial charge in [-0.25, -0.2) is 4.79 Å². The van der Waals surface area contributed by atoms with E-state index in [0.29, 0.717) is 13.0 Å². The van der Waals surface area contributed by atoms with Crippen LogP contribution >= 0.6 is 0 Å². The number of primary amides is 1. The van der Waals surface area contributed by atoms with Gasteiger partial charge in [-0.1, -0.05) is 38.1 Å². The number of nitrogens with zero attached hydrogens (tertiary/aromatic N) is 1. The maximum Gasteiger partial charge on any atom is 0.312 e. The number of rotatable bonds is 6. The highest BCUT2D eigenvalue weighted by Crippen LogP contribution is 2.16. The number of carbonyl (C=O) groups is 2. The molecule has 0 aliphatic rings. The Balaban J connectivity index is 1.98. The zero-order valence-corrected chi connectivity index (χ0v) is 13.4. The van der Waals surface area contributed by atoms with E-state index in [0.717, 1.165) is 16.5 Å². The van der Waals surface area contributed by atoms with Gasteiger partial charge in [0, 0.05) is 18.1 Å². The Morgan fingerprint density at radius 2 is 1.96 bits per heavy atom. The smallest absolute Gasteiger partial charge is 0.312 e. The van der Waals surface area contributed by atoms with Crippen LogP contribution in [0.1, 0.15) is 19.4 Å². The molecule has 0 saturated carbocycles. The Labute approximate surface area is 135 Å².